The van der Waals surface area contributed by atoms with E-state index in [4.69, 9.17) is 9.47 Å². The van der Waals surface area contributed by atoms with E-state index < -0.39 is 6.10 Å². The van der Waals surface area contributed by atoms with Crippen molar-refractivity contribution in [1.29, 1.82) is 0 Å². The number of β-amino-alcohol motifs (C(OH)–C–C–N with tert-alkyl or cyclic N) is 1. The molecule has 1 aliphatic rings. The Labute approximate surface area is 127 Å². The maximum absolute atomic E-state index is 10.6. The minimum atomic E-state index is -0.548. The van der Waals surface area contributed by atoms with Crippen LogP contribution >= 0.6 is 0 Å². The van der Waals surface area contributed by atoms with Gasteiger partial charge in [-0.1, -0.05) is 13.3 Å². The molecule has 1 atom stereocenters. The molecule has 0 saturated carbocycles. The molecule has 2 rings (SSSR count). The average Bonchev–Trinajstić information content (AvgIpc) is 2.54. The van der Waals surface area contributed by atoms with E-state index in [1.165, 1.54) is 19.3 Å². The van der Waals surface area contributed by atoms with Crippen LogP contribution in [0, 0.1) is 5.92 Å². The molecule has 21 heavy (non-hydrogen) atoms. The molecule has 1 saturated heterocycles. The summed E-state index contributed by atoms with van der Waals surface area (Å²) >= 11 is 0. The second-order valence-corrected chi connectivity index (χ2v) is 5.78. The molecule has 1 fully saturated rings. The van der Waals surface area contributed by atoms with E-state index in [1.54, 1.807) is 14.2 Å². The van der Waals surface area contributed by atoms with Gasteiger partial charge >= 0.3 is 0 Å². The van der Waals surface area contributed by atoms with Gasteiger partial charge in [0.1, 0.15) is 11.5 Å². The summed E-state index contributed by atoms with van der Waals surface area (Å²) in [6.45, 7) is 5.06. The summed E-state index contributed by atoms with van der Waals surface area (Å²) in [7, 11) is 3.26. The van der Waals surface area contributed by atoms with E-state index >= 15 is 0 Å². The molecule has 1 N–H and O–H groups in total. The fourth-order valence-corrected chi connectivity index (χ4v) is 3.02. The number of rotatable bonds is 6. The lowest BCUT2D eigenvalue weighted by Gasteiger charge is -2.33. The molecule has 0 aliphatic carbocycles. The predicted molar refractivity (Wildman–Crippen MR) is 84.0 cm³/mol. The van der Waals surface area contributed by atoms with Gasteiger partial charge in [-0.25, -0.2) is 0 Å². The number of methoxy groups -OCH3 is 2. The number of benzene rings is 1. The molecular weight excluding hydrogens is 266 g/mol. The summed E-state index contributed by atoms with van der Waals surface area (Å²) in [5.74, 6) is 2.31. The van der Waals surface area contributed by atoms with E-state index in [-0.39, 0.29) is 0 Å². The molecule has 4 nitrogen and oxygen atoms in total. The summed E-state index contributed by atoms with van der Waals surface area (Å²) in [5, 5.41) is 10.6. The summed E-state index contributed by atoms with van der Waals surface area (Å²) in [6.07, 6.45) is 3.19. The zero-order chi connectivity index (χ0) is 15.2. The molecule has 0 spiro atoms. The maximum atomic E-state index is 10.6. The molecule has 118 valence electrons. The number of aliphatic hydroxyl groups is 1. The number of likely N-dealkylation sites (tertiary alicyclic amines) is 1. The van der Waals surface area contributed by atoms with E-state index in [0.29, 0.717) is 12.3 Å². The number of hydrogen-bond donors (Lipinski definition) is 1. The van der Waals surface area contributed by atoms with Gasteiger partial charge in [-0.05, 0) is 50.0 Å². The minimum Gasteiger partial charge on any atom is -0.497 e. The third-order valence-electron chi connectivity index (χ3n) is 4.51. The second-order valence-electron chi connectivity index (χ2n) is 5.78. The summed E-state index contributed by atoms with van der Waals surface area (Å²) in [5.41, 5.74) is 0.800. The standard InChI is InChI=1S/C17H27NO3/c1-4-13-7-9-18(10-8-13)12-16(19)15-11-14(20-2)5-6-17(15)21-3/h5-6,11,13,16,19H,4,7-10,12H2,1-3H3. The van der Waals surface area contributed by atoms with E-state index in [9.17, 15) is 5.11 Å². The lowest BCUT2D eigenvalue weighted by atomic mass is 9.94. The van der Waals surface area contributed by atoms with Gasteiger partial charge in [-0.15, -0.1) is 0 Å². The lowest BCUT2D eigenvalue weighted by Crippen LogP contribution is -2.36. The fraction of sp³-hybridized carbons (Fsp3) is 0.647. The Morgan fingerprint density at radius 3 is 2.52 bits per heavy atom. The summed E-state index contributed by atoms with van der Waals surface area (Å²) in [6, 6.07) is 5.56. The number of nitrogens with zero attached hydrogens (tertiary/aromatic N) is 1. The second kappa shape index (κ2) is 7.66. The number of aliphatic hydroxyl groups excluding tert-OH is 1. The van der Waals surface area contributed by atoms with Crippen molar-refractivity contribution >= 4 is 0 Å². The Bertz CT molecular complexity index is 442. The van der Waals surface area contributed by atoms with Crippen molar-refractivity contribution < 1.29 is 14.6 Å². The number of hydrogen-bond acceptors (Lipinski definition) is 4. The molecule has 4 heteroatoms. The molecule has 1 aromatic rings. The van der Waals surface area contributed by atoms with Crippen molar-refractivity contribution in [3.05, 3.63) is 23.8 Å². The summed E-state index contributed by atoms with van der Waals surface area (Å²) < 4.78 is 10.6. The molecule has 1 aromatic carbocycles. The van der Waals surface area contributed by atoms with E-state index in [2.05, 4.69) is 11.8 Å². The van der Waals surface area contributed by atoms with Gasteiger partial charge in [0.15, 0.2) is 0 Å². The topological polar surface area (TPSA) is 41.9 Å². The van der Waals surface area contributed by atoms with Crippen LogP contribution in [0.25, 0.3) is 0 Å². The predicted octanol–water partition coefficient (Wildman–Crippen LogP) is 2.86. The fourth-order valence-electron chi connectivity index (χ4n) is 3.02. The third-order valence-corrected chi connectivity index (χ3v) is 4.51. The van der Waals surface area contributed by atoms with Crippen molar-refractivity contribution in [2.24, 2.45) is 5.92 Å². The maximum Gasteiger partial charge on any atom is 0.124 e. The van der Waals surface area contributed by atoms with Gasteiger partial charge in [-0.2, -0.15) is 0 Å². The van der Waals surface area contributed by atoms with Gasteiger partial charge in [0, 0.05) is 12.1 Å². The van der Waals surface area contributed by atoms with Gasteiger partial charge < -0.3 is 19.5 Å². The van der Waals surface area contributed by atoms with Crippen LogP contribution in [-0.4, -0.2) is 43.9 Å². The van der Waals surface area contributed by atoms with Crippen LogP contribution in [0.2, 0.25) is 0 Å². The Hall–Kier alpha value is -1.26. The zero-order valence-corrected chi connectivity index (χ0v) is 13.3. The van der Waals surface area contributed by atoms with Crippen LogP contribution in [0.5, 0.6) is 11.5 Å². The lowest BCUT2D eigenvalue weighted by molar-refractivity contribution is 0.0869. The molecule has 0 amide bonds. The monoisotopic (exact) mass is 293 g/mol. The molecule has 0 aromatic heterocycles. The first-order valence-corrected chi connectivity index (χ1v) is 7.80. The SMILES string of the molecule is CCC1CCN(CC(O)c2cc(OC)ccc2OC)CC1. The largest absolute Gasteiger partial charge is 0.497 e. The first-order chi connectivity index (χ1) is 10.2. The van der Waals surface area contributed by atoms with Gasteiger partial charge in [0.25, 0.3) is 0 Å². The van der Waals surface area contributed by atoms with Crippen molar-refractivity contribution in [2.45, 2.75) is 32.3 Å². The molecule has 0 radical (unpaired) electrons. The van der Waals surface area contributed by atoms with Gasteiger partial charge in [-0.3, -0.25) is 0 Å². The van der Waals surface area contributed by atoms with Crippen LogP contribution < -0.4 is 9.47 Å². The van der Waals surface area contributed by atoms with Crippen molar-refractivity contribution in [3.8, 4) is 11.5 Å². The number of ether oxygens (including phenoxy) is 2. The van der Waals surface area contributed by atoms with Crippen LogP contribution in [0.4, 0.5) is 0 Å². The molecule has 1 unspecified atom stereocenters. The normalized spacial score (nSPS) is 18.5. The van der Waals surface area contributed by atoms with Crippen LogP contribution in [0.1, 0.15) is 37.9 Å². The highest BCUT2D eigenvalue weighted by Gasteiger charge is 2.22. The highest BCUT2D eigenvalue weighted by molar-refractivity contribution is 5.41. The Balaban J connectivity index is 2.01. The number of piperidine rings is 1. The quantitative estimate of drug-likeness (QED) is 0.876. The van der Waals surface area contributed by atoms with Crippen molar-refractivity contribution in [1.82, 2.24) is 4.90 Å². The van der Waals surface area contributed by atoms with Crippen molar-refractivity contribution in [2.75, 3.05) is 33.9 Å². The first kappa shape index (κ1) is 16.1. The molecular formula is C17H27NO3. The van der Waals surface area contributed by atoms with Crippen molar-refractivity contribution in [3.63, 3.8) is 0 Å². The first-order valence-electron chi connectivity index (χ1n) is 7.80. The van der Waals surface area contributed by atoms with E-state index in [0.717, 1.165) is 30.3 Å². The highest BCUT2D eigenvalue weighted by atomic mass is 16.5. The van der Waals surface area contributed by atoms with Gasteiger partial charge in [0.05, 0.1) is 20.3 Å². The average molecular weight is 293 g/mol. The van der Waals surface area contributed by atoms with E-state index in [1.807, 2.05) is 18.2 Å². The molecule has 1 heterocycles. The summed E-state index contributed by atoms with van der Waals surface area (Å²) in [4.78, 5) is 2.34. The zero-order valence-electron chi connectivity index (χ0n) is 13.3. The van der Waals surface area contributed by atoms with Crippen LogP contribution in [-0.2, 0) is 0 Å². The smallest absolute Gasteiger partial charge is 0.124 e. The molecule has 1 aliphatic heterocycles. The van der Waals surface area contributed by atoms with Crippen LogP contribution in [0.3, 0.4) is 0 Å². The minimum absolute atomic E-state index is 0.548. The Kier molecular flexibility index (Phi) is 5.88. The van der Waals surface area contributed by atoms with Crippen LogP contribution in [0.15, 0.2) is 18.2 Å². The van der Waals surface area contributed by atoms with Gasteiger partial charge in [0.2, 0.25) is 0 Å². The Morgan fingerprint density at radius 2 is 1.95 bits per heavy atom. The third kappa shape index (κ3) is 4.11. The molecule has 0 bridgehead atoms. The highest BCUT2D eigenvalue weighted by Crippen LogP contribution is 2.30. The Morgan fingerprint density at radius 1 is 1.24 bits per heavy atom.